The topological polar surface area (TPSA) is 213 Å². The summed E-state index contributed by atoms with van der Waals surface area (Å²) < 4.78 is 0. The summed E-state index contributed by atoms with van der Waals surface area (Å²) in [5, 5.41) is 13.4. The number of aliphatic imine (C=N–C) groups is 1. The van der Waals surface area contributed by atoms with E-state index in [4.69, 9.17) is 17.2 Å². The Morgan fingerprint density at radius 3 is 2.42 bits per heavy atom. The van der Waals surface area contributed by atoms with E-state index in [0.29, 0.717) is 58.2 Å². The highest BCUT2D eigenvalue weighted by atomic mass is 16.4. The lowest BCUT2D eigenvalue weighted by molar-refractivity contribution is -0.149. The average Bonchev–Trinajstić information content (AvgIpc) is 3.69. The molecular formula is C27H38N8O5. The molecule has 9 N–H and O–H groups in total. The number of aromatic amines is 1. The minimum atomic E-state index is -1.07. The molecule has 0 spiro atoms. The number of carbonyl (C=O) groups excluding carboxylic acids is 3. The van der Waals surface area contributed by atoms with Gasteiger partial charge in [-0.15, -0.1) is 0 Å². The smallest absolute Gasteiger partial charge is 0.326 e. The molecule has 0 radical (unpaired) electrons. The van der Waals surface area contributed by atoms with Crippen LogP contribution in [0, 0.1) is 0 Å². The van der Waals surface area contributed by atoms with Gasteiger partial charge < -0.3 is 42.4 Å². The van der Waals surface area contributed by atoms with Crippen molar-refractivity contribution < 1.29 is 24.3 Å². The third kappa shape index (κ3) is 6.53. The molecule has 0 aliphatic carbocycles. The standard InChI is InChI=1S/C27H38N8O5/c28-18(7-3-11-31-27(29)30)24(37)34-12-4-9-21(34)23(36)33-20(25(38)35-13-5-10-22(35)26(39)40)14-16-15-32-19-8-2-1-6-17(16)19/h1-2,6,8,15,18,20-22,32H,3-5,7,9-14,28H2,(H,33,36)(H,39,40)(H4,29,30,31). The van der Waals surface area contributed by atoms with E-state index in [-0.39, 0.29) is 18.3 Å². The molecule has 4 unspecified atom stereocenters. The largest absolute Gasteiger partial charge is 0.480 e. The van der Waals surface area contributed by atoms with Crippen molar-refractivity contribution in [2.24, 2.45) is 22.2 Å². The third-order valence-electron chi connectivity index (χ3n) is 7.66. The zero-order valence-electron chi connectivity index (χ0n) is 22.4. The molecule has 13 heteroatoms. The van der Waals surface area contributed by atoms with Gasteiger partial charge in [-0.2, -0.15) is 0 Å². The fraction of sp³-hybridized carbons (Fsp3) is 0.519. The van der Waals surface area contributed by atoms with Crippen LogP contribution < -0.4 is 22.5 Å². The van der Waals surface area contributed by atoms with Crippen molar-refractivity contribution >= 4 is 40.6 Å². The fourth-order valence-electron chi connectivity index (χ4n) is 5.63. The SMILES string of the molecule is NC(N)=NCCCC(N)C(=O)N1CCCC1C(=O)NC(Cc1c[nH]c2ccccc12)C(=O)N1CCCC1C(=O)O. The molecule has 2 fully saturated rings. The van der Waals surface area contributed by atoms with Crippen LogP contribution in [-0.2, 0) is 25.6 Å². The molecule has 1 aromatic heterocycles. The van der Waals surface area contributed by atoms with Crippen molar-refractivity contribution in [2.45, 2.75) is 69.1 Å². The maximum Gasteiger partial charge on any atom is 0.326 e. The highest BCUT2D eigenvalue weighted by molar-refractivity contribution is 5.95. The van der Waals surface area contributed by atoms with Crippen molar-refractivity contribution in [3.63, 3.8) is 0 Å². The van der Waals surface area contributed by atoms with Crippen LogP contribution in [0.3, 0.4) is 0 Å². The van der Waals surface area contributed by atoms with E-state index in [1.807, 2.05) is 24.3 Å². The van der Waals surface area contributed by atoms with Gasteiger partial charge in [-0.1, -0.05) is 18.2 Å². The summed E-state index contributed by atoms with van der Waals surface area (Å²) in [6.07, 6.45) is 4.83. The summed E-state index contributed by atoms with van der Waals surface area (Å²) >= 11 is 0. The van der Waals surface area contributed by atoms with Crippen LogP contribution in [0.1, 0.15) is 44.1 Å². The number of para-hydroxylation sites is 1. The molecular weight excluding hydrogens is 516 g/mol. The molecule has 2 saturated heterocycles. The zero-order valence-corrected chi connectivity index (χ0v) is 22.4. The first-order chi connectivity index (χ1) is 19.2. The van der Waals surface area contributed by atoms with E-state index in [1.54, 1.807) is 6.20 Å². The predicted octanol–water partition coefficient (Wildman–Crippen LogP) is -0.357. The van der Waals surface area contributed by atoms with Gasteiger partial charge in [-0.05, 0) is 50.2 Å². The number of likely N-dealkylation sites (tertiary alicyclic amines) is 2. The minimum Gasteiger partial charge on any atom is -0.480 e. The summed E-state index contributed by atoms with van der Waals surface area (Å²) in [5.41, 5.74) is 18.5. The van der Waals surface area contributed by atoms with E-state index >= 15 is 0 Å². The molecule has 2 aromatic rings. The van der Waals surface area contributed by atoms with Gasteiger partial charge in [0, 0.05) is 43.2 Å². The van der Waals surface area contributed by atoms with Crippen LogP contribution in [0.5, 0.6) is 0 Å². The van der Waals surface area contributed by atoms with Gasteiger partial charge in [0.05, 0.1) is 6.04 Å². The van der Waals surface area contributed by atoms with Crippen LogP contribution in [0.2, 0.25) is 0 Å². The number of nitrogens with two attached hydrogens (primary N) is 3. The second kappa shape index (κ2) is 12.8. The van der Waals surface area contributed by atoms with Gasteiger partial charge in [0.1, 0.15) is 18.1 Å². The number of hydrogen-bond donors (Lipinski definition) is 6. The van der Waals surface area contributed by atoms with E-state index in [9.17, 15) is 24.3 Å². The number of nitrogens with zero attached hydrogens (tertiary/aromatic N) is 3. The maximum atomic E-state index is 13.7. The van der Waals surface area contributed by atoms with Crippen LogP contribution in [0.25, 0.3) is 10.9 Å². The normalized spacial score (nSPS) is 20.3. The zero-order chi connectivity index (χ0) is 28.8. The molecule has 40 heavy (non-hydrogen) atoms. The second-order valence-corrected chi connectivity index (χ2v) is 10.4. The van der Waals surface area contributed by atoms with E-state index < -0.39 is 42.0 Å². The first kappa shape index (κ1) is 28.9. The number of carbonyl (C=O) groups is 4. The number of aromatic nitrogens is 1. The van der Waals surface area contributed by atoms with Crippen molar-refractivity contribution in [1.29, 1.82) is 0 Å². The number of rotatable bonds is 11. The van der Waals surface area contributed by atoms with Crippen LogP contribution in [0.4, 0.5) is 0 Å². The summed E-state index contributed by atoms with van der Waals surface area (Å²) in [7, 11) is 0. The lowest BCUT2D eigenvalue weighted by Gasteiger charge is -2.30. The summed E-state index contributed by atoms with van der Waals surface area (Å²) in [5.74, 6) is -2.34. The maximum absolute atomic E-state index is 13.7. The molecule has 4 atom stereocenters. The molecule has 2 aliphatic rings. The first-order valence-corrected chi connectivity index (χ1v) is 13.7. The van der Waals surface area contributed by atoms with Gasteiger partial charge in [0.15, 0.2) is 5.96 Å². The van der Waals surface area contributed by atoms with Crippen molar-refractivity contribution in [3.05, 3.63) is 36.0 Å². The number of nitrogens with one attached hydrogen (secondary N) is 2. The molecule has 3 heterocycles. The Bertz CT molecular complexity index is 1270. The molecule has 216 valence electrons. The number of hydrogen-bond acceptors (Lipinski definition) is 6. The van der Waals surface area contributed by atoms with Gasteiger partial charge in [0.2, 0.25) is 17.7 Å². The number of H-pyrrole nitrogens is 1. The van der Waals surface area contributed by atoms with E-state index in [1.165, 1.54) is 9.80 Å². The number of carboxylic acids is 1. The Hall–Kier alpha value is -4.13. The Morgan fingerprint density at radius 1 is 1.05 bits per heavy atom. The second-order valence-electron chi connectivity index (χ2n) is 10.4. The molecule has 1 aromatic carbocycles. The Kier molecular flexibility index (Phi) is 9.25. The fourth-order valence-corrected chi connectivity index (χ4v) is 5.63. The monoisotopic (exact) mass is 554 g/mol. The molecule has 2 aliphatic heterocycles. The molecule has 3 amide bonds. The number of carboxylic acid groups (broad SMARTS) is 1. The van der Waals surface area contributed by atoms with Crippen LogP contribution in [0.15, 0.2) is 35.5 Å². The Balaban J connectivity index is 1.50. The third-order valence-corrected chi connectivity index (χ3v) is 7.66. The van der Waals surface area contributed by atoms with Crippen molar-refractivity contribution in [2.75, 3.05) is 19.6 Å². The summed E-state index contributed by atoms with van der Waals surface area (Å²) in [6, 6.07) is 4.10. The Morgan fingerprint density at radius 2 is 1.73 bits per heavy atom. The molecule has 13 nitrogen and oxygen atoms in total. The van der Waals surface area contributed by atoms with Crippen LogP contribution >= 0.6 is 0 Å². The van der Waals surface area contributed by atoms with E-state index in [2.05, 4.69) is 15.3 Å². The first-order valence-electron chi connectivity index (χ1n) is 13.7. The van der Waals surface area contributed by atoms with Crippen molar-refractivity contribution in [3.8, 4) is 0 Å². The van der Waals surface area contributed by atoms with E-state index in [0.717, 1.165) is 16.5 Å². The number of amides is 3. The Labute approximate surface area is 232 Å². The highest BCUT2D eigenvalue weighted by Crippen LogP contribution is 2.24. The number of benzene rings is 1. The van der Waals surface area contributed by atoms with Crippen molar-refractivity contribution in [1.82, 2.24) is 20.1 Å². The molecule has 4 rings (SSSR count). The quantitative estimate of drug-likeness (QED) is 0.122. The van der Waals surface area contributed by atoms with Crippen LogP contribution in [-0.4, -0.2) is 93.3 Å². The molecule has 0 bridgehead atoms. The summed E-state index contributed by atoms with van der Waals surface area (Å²) in [6.45, 7) is 1.03. The predicted molar refractivity (Wildman–Crippen MR) is 149 cm³/mol. The molecule has 0 saturated carbocycles. The number of aliphatic carboxylic acids is 1. The van der Waals surface area contributed by atoms with Gasteiger partial charge >= 0.3 is 5.97 Å². The lowest BCUT2D eigenvalue weighted by Crippen LogP contribution is -2.57. The number of guanidine groups is 1. The average molecular weight is 555 g/mol. The summed E-state index contributed by atoms with van der Waals surface area (Å²) in [4.78, 5) is 62.1. The van der Waals surface area contributed by atoms with Gasteiger partial charge in [-0.25, -0.2) is 4.79 Å². The number of fused-ring (bicyclic) bond motifs is 1. The lowest BCUT2D eigenvalue weighted by atomic mass is 10.0. The van der Waals surface area contributed by atoms with Gasteiger partial charge in [0.25, 0.3) is 0 Å². The van der Waals surface area contributed by atoms with Gasteiger partial charge in [-0.3, -0.25) is 19.4 Å². The highest BCUT2D eigenvalue weighted by Gasteiger charge is 2.41. The minimum absolute atomic E-state index is 0.0310.